The second kappa shape index (κ2) is 6.56. The van der Waals surface area contributed by atoms with Gasteiger partial charge in [-0.3, -0.25) is 0 Å². The van der Waals surface area contributed by atoms with E-state index < -0.39 is 0 Å². The Hall–Kier alpha value is -1.56. The zero-order valence-electron chi connectivity index (χ0n) is 12.2. The number of urea groups is 1. The van der Waals surface area contributed by atoms with E-state index in [-0.39, 0.29) is 24.7 Å². The number of aromatic nitrogens is 1. The molecule has 0 aliphatic heterocycles. The van der Waals surface area contributed by atoms with E-state index in [1.807, 2.05) is 20.8 Å². The minimum Gasteiger partial charge on any atom is -0.394 e. The van der Waals surface area contributed by atoms with Crippen LogP contribution in [-0.4, -0.2) is 46.9 Å². The first-order chi connectivity index (χ1) is 8.86. The lowest BCUT2D eigenvalue weighted by atomic mass is 10.1. The van der Waals surface area contributed by atoms with Crippen molar-refractivity contribution in [3.05, 3.63) is 17.0 Å². The van der Waals surface area contributed by atoms with Crippen LogP contribution in [0.25, 0.3) is 0 Å². The molecule has 19 heavy (non-hydrogen) atoms. The number of rotatable bonds is 5. The van der Waals surface area contributed by atoms with Gasteiger partial charge in [-0.1, -0.05) is 5.16 Å². The van der Waals surface area contributed by atoms with E-state index in [0.29, 0.717) is 6.42 Å². The van der Waals surface area contributed by atoms with Gasteiger partial charge in [-0.15, -0.1) is 0 Å². The summed E-state index contributed by atoms with van der Waals surface area (Å²) in [6.07, 6.45) is 0.675. The van der Waals surface area contributed by atoms with Gasteiger partial charge < -0.3 is 19.8 Å². The smallest absolute Gasteiger partial charge is 0.317 e. The van der Waals surface area contributed by atoms with Crippen LogP contribution in [0.3, 0.4) is 0 Å². The molecule has 0 aliphatic carbocycles. The maximum atomic E-state index is 11.9. The summed E-state index contributed by atoms with van der Waals surface area (Å²) in [4.78, 5) is 13.4. The molecule has 2 amide bonds. The van der Waals surface area contributed by atoms with Crippen molar-refractivity contribution in [2.24, 2.45) is 0 Å². The maximum absolute atomic E-state index is 11.9. The summed E-state index contributed by atoms with van der Waals surface area (Å²) in [5.41, 5.74) is 1.89. The van der Waals surface area contributed by atoms with Gasteiger partial charge in [0, 0.05) is 18.7 Å². The van der Waals surface area contributed by atoms with Gasteiger partial charge in [0.1, 0.15) is 5.76 Å². The molecule has 6 nitrogen and oxygen atoms in total. The number of carbonyl (C=O) groups excluding carboxylic acids is 1. The van der Waals surface area contributed by atoms with Crippen LogP contribution in [0.4, 0.5) is 4.79 Å². The third-order valence-corrected chi connectivity index (χ3v) is 3.31. The van der Waals surface area contributed by atoms with Crippen LogP contribution in [0.15, 0.2) is 4.52 Å². The van der Waals surface area contributed by atoms with E-state index in [4.69, 9.17) is 9.63 Å². The van der Waals surface area contributed by atoms with Crippen molar-refractivity contribution < 1.29 is 14.4 Å². The number of aliphatic hydroxyl groups is 1. The molecule has 1 aromatic rings. The molecular weight excluding hydrogens is 246 g/mol. The highest BCUT2D eigenvalue weighted by atomic mass is 16.5. The van der Waals surface area contributed by atoms with Crippen molar-refractivity contribution in [2.75, 3.05) is 13.7 Å². The van der Waals surface area contributed by atoms with Crippen LogP contribution >= 0.6 is 0 Å². The fourth-order valence-electron chi connectivity index (χ4n) is 1.79. The number of likely N-dealkylation sites (N-methyl/N-ethyl adjacent to an activating group) is 1. The first-order valence-electron chi connectivity index (χ1n) is 6.42. The lowest BCUT2D eigenvalue weighted by Crippen LogP contribution is -2.47. The topological polar surface area (TPSA) is 78.6 Å². The van der Waals surface area contributed by atoms with Gasteiger partial charge in [-0.2, -0.15) is 0 Å². The number of hydrogen-bond donors (Lipinski definition) is 2. The number of aliphatic hydroxyl groups excluding tert-OH is 1. The van der Waals surface area contributed by atoms with E-state index in [0.717, 1.165) is 17.0 Å². The zero-order chi connectivity index (χ0) is 14.6. The van der Waals surface area contributed by atoms with Crippen LogP contribution in [0.5, 0.6) is 0 Å². The Balaban J connectivity index is 2.56. The Morgan fingerprint density at radius 3 is 2.58 bits per heavy atom. The number of aryl methyl sites for hydroxylation is 2. The van der Waals surface area contributed by atoms with Crippen LogP contribution in [0.2, 0.25) is 0 Å². The third-order valence-electron chi connectivity index (χ3n) is 3.31. The summed E-state index contributed by atoms with van der Waals surface area (Å²) in [5, 5.41) is 15.8. The Labute approximate surface area is 113 Å². The quantitative estimate of drug-likeness (QED) is 0.843. The van der Waals surface area contributed by atoms with Gasteiger partial charge in [0.2, 0.25) is 0 Å². The molecular formula is C13H23N3O3. The highest BCUT2D eigenvalue weighted by molar-refractivity contribution is 5.74. The van der Waals surface area contributed by atoms with Crippen molar-refractivity contribution in [3.8, 4) is 0 Å². The van der Waals surface area contributed by atoms with E-state index >= 15 is 0 Å². The lowest BCUT2D eigenvalue weighted by Gasteiger charge is -2.25. The molecule has 108 valence electrons. The monoisotopic (exact) mass is 269 g/mol. The molecule has 0 bridgehead atoms. The first kappa shape index (κ1) is 15.5. The minimum atomic E-state index is -0.203. The van der Waals surface area contributed by atoms with Gasteiger partial charge >= 0.3 is 6.03 Å². The maximum Gasteiger partial charge on any atom is 0.317 e. The molecule has 1 rings (SSSR count). The molecule has 0 saturated heterocycles. The molecule has 2 N–H and O–H groups in total. The molecule has 0 saturated carbocycles. The minimum absolute atomic E-state index is 0.0300. The summed E-state index contributed by atoms with van der Waals surface area (Å²) in [6.45, 7) is 7.42. The van der Waals surface area contributed by atoms with E-state index in [2.05, 4.69) is 10.5 Å². The van der Waals surface area contributed by atoms with Crippen LogP contribution in [0.1, 0.15) is 30.9 Å². The zero-order valence-corrected chi connectivity index (χ0v) is 12.2. The average molecular weight is 269 g/mol. The summed E-state index contributed by atoms with van der Waals surface area (Å²) < 4.78 is 5.10. The highest BCUT2D eigenvalue weighted by Crippen LogP contribution is 2.14. The summed E-state index contributed by atoms with van der Waals surface area (Å²) in [5.74, 6) is 0.788. The molecule has 1 heterocycles. The van der Waals surface area contributed by atoms with Crippen molar-refractivity contribution in [3.63, 3.8) is 0 Å². The predicted molar refractivity (Wildman–Crippen MR) is 72.0 cm³/mol. The summed E-state index contributed by atoms with van der Waals surface area (Å²) in [7, 11) is 1.67. The second-order valence-corrected chi connectivity index (χ2v) is 5.00. The largest absolute Gasteiger partial charge is 0.394 e. The SMILES string of the molecule is Cc1noc(C)c1CC(C)NC(=O)N(C)C(C)CO. The van der Waals surface area contributed by atoms with Crippen molar-refractivity contribution in [1.29, 1.82) is 0 Å². The van der Waals surface area contributed by atoms with Gasteiger partial charge in [0.15, 0.2) is 0 Å². The van der Waals surface area contributed by atoms with Crippen molar-refractivity contribution in [1.82, 2.24) is 15.4 Å². The normalized spacial score (nSPS) is 14.0. The summed E-state index contributed by atoms with van der Waals surface area (Å²) in [6, 6.07) is -0.426. The Kier molecular flexibility index (Phi) is 5.35. The standard InChI is InChI=1S/C13H23N3O3/c1-8(6-12-10(3)15-19-11(12)4)14-13(18)16(5)9(2)7-17/h8-9,17H,6-7H2,1-5H3,(H,14,18). The molecule has 0 spiro atoms. The Morgan fingerprint density at radius 2 is 2.11 bits per heavy atom. The molecule has 6 heteroatoms. The number of carbonyl (C=O) groups is 1. The molecule has 2 unspecified atom stereocenters. The highest BCUT2D eigenvalue weighted by Gasteiger charge is 2.18. The van der Waals surface area contributed by atoms with Crippen LogP contribution < -0.4 is 5.32 Å². The Bertz CT molecular complexity index is 411. The molecule has 2 atom stereocenters. The number of nitrogens with one attached hydrogen (secondary N) is 1. The Morgan fingerprint density at radius 1 is 1.47 bits per heavy atom. The molecule has 0 aliphatic rings. The van der Waals surface area contributed by atoms with E-state index in [1.165, 1.54) is 4.90 Å². The summed E-state index contributed by atoms with van der Waals surface area (Å²) >= 11 is 0. The molecule has 1 aromatic heterocycles. The number of hydrogen-bond acceptors (Lipinski definition) is 4. The van der Waals surface area contributed by atoms with Gasteiger partial charge in [-0.05, 0) is 34.1 Å². The van der Waals surface area contributed by atoms with Gasteiger partial charge in [0.25, 0.3) is 0 Å². The van der Waals surface area contributed by atoms with Crippen LogP contribution in [-0.2, 0) is 6.42 Å². The van der Waals surface area contributed by atoms with Gasteiger partial charge in [-0.25, -0.2) is 4.79 Å². The second-order valence-electron chi connectivity index (χ2n) is 5.00. The fourth-order valence-corrected chi connectivity index (χ4v) is 1.79. The number of nitrogens with zero attached hydrogens (tertiary/aromatic N) is 2. The first-order valence-corrected chi connectivity index (χ1v) is 6.42. The third kappa shape index (κ3) is 3.96. The molecule has 0 aromatic carbocycles. The van der Waals surface area contributed by atoms with Gasteiger partial charge in [0.05, 0.1) is 18.3 Å². The lowest BCUT2D eigenvalue weighted by molar-refractivity contribution is 0.155. The van der Waals surface area contributed by atoms with E-state index in [9.17, 15) is 4.79 Å². The fraction of sp³-hybridized carbons (Fsp3) is 0.692. The molecule has 0 radical (unpaired) electrons. The van der Waals surface area contributed by atoms with Crippen molar-refractivity contribution >= 4 is 6.03 Å². The van der Waals surface area contributed by atoms with E-state index in [1.54, 1.807) is 14.0 Å². The number of amides is 2. The predicted octanol–water partition coefficient (Wildman–Crippen LogP) is 1.24. The van der Waals surface area contributed by atoms with Crippen LogP contribution in [0, 0.1) is 13.8 Å². The average Bonchev–Trinajstić information content (AvgIpc) is 2.68. The molecule has 0 fully saturated rings. The van der Waals surface area contributed by atoms with Crippen molar-refractivity contribution in [2.45, 2.75) is 46.2 Å².